The Morgan fingerprint density at radius 1 is 1.12 bits per heavy atom. The quantitative estimate of drug-likeness (QED) is 0.839. The highest BCUT2D eigenvalue weighted by Gasteiger charge is 2.24. The molecule has 1 aromatic heterocycles. The third-order valence-corrected chi connectivity index (χ3v) is 4.89. The summed E-state index contributed by atoms with van der Waals surface area (Å²) in [6.45, 7) is 2.74. The summed E-state index contributed by atoms with van der Waals surface area (Å²) in [4.78, 5) is 29.0. The number of rotatable bonds is 3. The third kappa shape index (κ3) is 3.29. The van der Waals surface area contributed by atoms with Gasteiger partial charge in [0, 0.05) is 19.2 Å². The van der Waals surface area contributed by atoms with Gasteiger partial charge in [0.2, 0.25) is 5.91 Å². The molecule has 1 amide bonds. The normalized spacial score (nSPS) is 16.8. The van der Waals surface area contributed by atoms with Crippen LogP contribution in [0.1, 0.15) is 19.3 Å². The topological polar surface area (TPSA) is 67.7 Å². The van der Waals surface area contributed by atoms with Gasteiger partial charge in [-0.2, -0.15) is 5.10 Å². The standard InChI is InChI=1S/C19H22N4O3/c24-18-12-15(21-8-4-1-5-9-21)13-20-23(18)14-19(25)22-10-11-26-17-7-3-2-6-16(17)22/h2-3,6-7,12-13H,1,4-5,8-11,14H2. The molecule has 0 N–H and O–H groups in total. The smallest absolute Gasteiger partial charge is 0.269 e. The van der Waals surface area contributed by atoms with Crippen LogP contribution in [0, 0.1) is 0 Å². The summed E-state index contributed by atoms with van der Waals surface area (Å²) in [5.41, 5.74) is 1.33. The highest BCUT2D eigenvalue weighted by molar-refractivity contribution is 5.95. The molecule has 0 saturated carbocycles. The van der Waals surface area contributed by atoms with E-state index in [0.717, 1.165) is 37.3 Å². The van der Waals surface area contributed by atoms with Gasteiger partial charge in [-0.3, -0.25) is 9.59 Å². The van der Waals surface area contributed by atoms with E-state index in [-0.39, 0.29) is 18.0 Å². The van der Waals surface area contributed by atoms with Gasteiger partial charge in [0.15, 0.2) is 0 Å². The first-order chi connectivity index (χ1) is 12.7. The van der Waals surface area contributed by atoms with E-state index in [1.807, 2.05) is 24.3 Å². The molecule has 0 aliphatic carbocycles. The van der Waals surface area contributed by atoms with Gasteiger partial charge >= 0.3 is 0 Å². The molecule has 7 heteroatoms. The van der Waals surface area contributed by atoms with E-state index in [2.05, 4.69) is 10.00 Å². The Balaban J connectivity index is 1.51. The van der Waals surface area contributed by atoms with Crippen molar-refractivity contribution >= 4 is 17.3 Å². The lowest BCUT2D eigenvalue weighted by Crippen LogP contribution is -2.42. The van der Waals surface area contributed by atoms with E-state index < -0.39 is 0 Å². The molecule has 0 radical (unpaired) electrons. The summed E-state index contributed by atoms with van der Waals surface area (Å²) < 4.78 is 6.81. The van der Waals surface area contributed by atoms with Gasteiger partial charge in [-0.15, -0.1) is 0 Å². The van der Waals surface area contributed by atoms with E-state index in [0.29, 0.717) is 18.9 Å². The summed E-state index contributed by atoms with van der Waals surface area (Å²) >= 11 is 0. The van der Waals surface area contributed by atoms with Crippen molar-refractivity contribution in [2.45, 2.75) is 25.8 Å². The van der Waals surface area contributed by atoms with Crippen LogP contribution in [0.4, 0.5) is 11.4 Å². The first-order valence-electron chi connectivity index (χ1n) is 9.07. The molecule has 7 nitrogen and oxygen atoms in total. The maximum atomic E-state index is 12.7. The molecular weight excluding hydrogens is 332 g/mol. The fourth-order valence-corrected chi connectivity index (χ4v) is 3.51. The lowest BCUT2D eigenvalue weighted by molar-refractivity contribution is -0.119. The number of carbonyl (C=O) groups is 1. The maximum absolute atomic E-state index is 12.7. The molecule has 4 rings (SSSR count). The molecule has 1 aromatic carbocycles. The fourth-order valence-electron chi connectivity index (χ4n) is 3.51. The molecule has 2 aliphatic heterocycles. The molecule has 136 valence electrons. The first kappa shape index (κ1) is 16.6. The summed E-state index contributed by atoms with van der Waals surface area (Å²) in [6.07, 6.45) is 5.19. The minimum atomic E-state index is -0.247. The second-order valence-electron chi connectivity index (χ2n) is 6.62. The molecule has 0 spiro atoms. The molecular formula is C19H22N4O3. The van der Waals surface area contributed by atoms with Crippen LogP contribution < -0.4 is 20.1 Å². The highest BCUT2D eigenvalue weighted by Crippen LogP contribution is 2.31. The SMILES string of the molecule is O=C(Cn1ncc(N2CCCCC2)cc1=O)N1CCOc2ccccc21. The van der Waals surface area contributed by atoms with Crippen molar-refractivity contribution in [3.63, 3.8) is 0 Å². The zero-order chi connectivity index (χ0) is 17.9. The van der Waals surface area contributed by atoms with E-state index in [1.54, 1.807) is 17.2 Å². The van der Waals surface area contributed by atoms with Crippen molar-refractivity contribution in [3.05, 3.63) is 46.9 Å². The van der Waals surface area contributed by atoms with Crippen LogP contribution in [0.3, 0.4) is 0 Å². The molecule has 2 aromatic rings. The number of para-hydroxylation sites is 2. The number of fused-ring (bicyclic) bond motifs is 1. The number of nitrogens with zero attached hydrogens (tertiary/aromatic N) is 4. The summed E-state index contributed by atoms with van der Waals surface area (Å²) in [6, 6.07) is 9.01. The molecule has 0 bridgehead atoms. The number of piperidine rings is 1. The number of hydrogen-bond donors (Lipinski definition) is 0. The van der Waals surface area contributed by atoms with Crippen LogP contribution in [0.5, 0.6) is 5.75 Å². The van der Waals surface area contributed by atoms with Crippen LogP contribution >= 0.6 is 0 Å². The van der Waals surface area contributed by atoms with Gasteiger partial charge in [-0.1, -0.05) is 12.1 Å². The zero-order valence-electron chi connectivity index (χ0n) is 14.6. The number of benzene rings is 1. The maximum Gasteiger partial charge on any atom is 0.269 e. The first-order valence-corrected chi connectivity index (χ1v) is 9.07. The second kappa shape index (κ2) is 7.19. The molecule has 2 aliphatic rings. The minimum absolute atomic E-state index is 0.0759. The Morgan fingerprint density at radius 3 is 2.73 bits per heavy atom. The lowest BCUT2D eigenvalue weighted by Gasteiger charge is -2.30. The number of aromatic nitrogens is 2. The monoisotopic (exact) mass is 354 g/mol. The average molecular weight is 354 g/mol. The number of carbonyl (C=O) groups excluding carboxylic acids is 1. The third-order valence-electron chi connectivity index (χ3n) is 4.89. The van der Waals surface area contributed by atoms with Gasteiger partial charge in [-0.05, 0) is 31.4 Å². The van der Waals surface area contributed by atoms with Crippen LogP contribution in [0.2, 0.25) is 0 Å². The van der Waals surface area contributed by atoms with Crippen LogP contribution in [0.25, 0.3) is 0 Å². The largest absolute Gasteiger partial charge is 0.490 e. The Morgan fingerprint density at radius 2 is 1.92 bits per heavy atom. The molecule has 1 saturated heterocycles. The van der Waals surface area contributed by atoms with Gasteiger partial charge < -0.3 is 14.5 Å². The van der Waals surface area contributed by atoms with Gasteiger partial charge in [0.25, 0.3) is 5.56 Å². The van der Waals surface area contributed by atoms with Crippen molar-refractivity contribution in [1.29, 1.82) is 0 Å². The Hall–Kier alpha value is -2.83. The molecule has 0 atom stereocenters. The van der Waals surface area contributed by atoms with E-state index in [9.17, 15) is 9.59 Å². The van der Waals surface area contributed by atoms with E-state index >= 15 is 0 Å². The number of anilines is 2. The average Bonchev–Trinajstić information content (AvgIpc) is 2.69. The second-order valence-corrected chi connectivity index (χ2v) is 6.62. The molecule has 0 unspecified atom stereocenters. The molecule has 3 heterocycles. The Kier molecular flexibility index (Phi) is 4.60. The minimum Gasteiger partial charge on any atom is -0.490 e. The van der Waals surface area contributed by atoms with Crippen LogP contribution in [-0.2, 0) is 11.3 Å². The predicted molar refractivity (Wildman–Crippen MR) is 98.9 cm³/mol. The van der Waals surface area contributed by atoms with Crippen molar-refractivity contribution in [2.75, 3.05) is 36.0 Å². The lowest BCUT2D eigenvalue weighted by atomic mass is 10.1. The fraction of sp³-hybridized carbons (Fsp3) is 0.421. The van der Waals surface area contributed by atoms with Gasteiger partial charge in [0.1, 0.15) is 18.9 Å². The molecule has 1 fully saturated rings. The number of amides is 1. The zero-order valence-corrected chi connectivity index (χ0v) is 14.6. The van der Waals surface area contributed by atoms with Crippen molar-refractivity contribution in [2.24, 2.45) is 0 Å². The van der Waals surface area contributed by atoms with Crippen molar-refractivity contribution < 1.29 is 9.53 Å². The summed E-state index contributed by atoms with van der Waals surface area (Å²) in [5.74, 6) is 0.522. The van der Waals surface area contributed by atoms with Crippen LogP contribution in [-0.4, -0.2) is 41.9 Å². The molecule has 26 heavy (non-hydrogen) atoms. The van der Waals surface area contributed by atoms with Crippen molar-refractivity contribution in [3.8, 4) is 5.75 Å². The van der Waals surface area contributed by atoms with Gasteiger partial charge in [-0.25, -0.2) is 4.68 Å². The highest BCUT2D eigenvalue weighted by atomic mass is 16.5. The van der Waals surface area contributed by atoms with Crippen LogP contribution in [0.15, 0.2) is 41.3 Å². The summed E-state index contributed by atoms with van der Waals surface area (Å²) in [5, 5.41) is 4.23. The van der Waals surface area contributed by atoms with E-state index in [4.69, 9.17) is 4.74 Å². The van der Waals surface area contributed by atoms with Crippen molar-refractivity contribution in [1.82, 2.24) is 9.78 Å². The number of hydrogen-bond acceptors (Lipinski definition) is 5. The van der Waals surface area contributed by atoms with Gasteiger partial charge in [0.05, 0.1) is 24.1 Å². The predicted octanol–water partition coefficient (Wildman–Crippen LogP) is 1.66. The van der Waals surface area contributed by atoms with E-state index in [1.165, 1.54) is 11.1 Å². The Labute approximate surface area is 151 Å². The number of ether oxygens (including phenoxy) is 1. The Bertz CT molecular complexity index is 858. The summed E-state index contributed by atoms with van der Waals surface area (Å²) in [7, 11) is 0.